The fourth-order valence-corrected chi connectivity index (χ4v) is 5.02. The second-order valence-corrected chi connectivity index (χ2v) is 8.72. The number of rotatable bonds is 6. The summed E-state index contributed by atoms with van der Waals surface area (Å²) in [5.41, 5.74) is 0.431. The van der Waals surface area contributed by atoms with Crippen molar-refractivity contribution in [3.05, 3.63) is 84.2 Å². The molecule has 164 valence electrons. The maximum atomic E-state index is 13.4. The number of anilines is 2. The number of halogens is 1. The molecular weight excluding hydrogens is 435 g/mol. The van der Waals surface area contributed by atoms with Gasteiger partial charge < -0.3 is 4.74 Å². The minimum Gasteiger partial charge on any atom is -0.494 e. The van der Waals surface area contributed by atoms with E-state index in [1.807, 2.05) is 6.92 Å². The first kappa shape index (κ1) is 21.5. The maximum absolute atomic E-state index is 13.4. The molecule has 0 saturated carbocycles. The van der Waals surface area contributed by atoms with Crippen molar-refractivity contribution in [2.45, 2.75) is 11.8 Å². The van der Waals surface area contributed by atoms with Crippen LogP contribution in [-0.4, -0.2) is 33.4 Å². The Labute approximate surface area is 184 Å². The molecule has 0 atom stereocenters. The summed E-state index contributed by atoms with van der Waals surface area (Å²) in [6.45, 7) is 1.84. The molecule has 0 bridgehead atoms. The molecule has 1 aliphatic heterocycles. The Kier molecular flexibility index (Phi) is 5.67. The van der Waals surface area contributed by atoms with Gasteiger partial charge in [-0.05, 0) is 67.6 Å². The number of fused-ring (bicyclic) bond motifs is 1. The summed E-state index contributed by atoms with van der Waals surface area (Å²) < 4.78 is 45.8. The standard InChI is InChI=1S/C23H19FN2O5S/c1-2-31-19-13-11-18(12-14-19)26-23(28)25(15-21(27)16-7-9-17(24)10-8-16)20-5-3-4-6-22(20)32(26,29)30/h3-14H,2,15H2,1H3. The van der Waals surface area contributed by atoms with Crippen molar-refractivity contribution in [2.75, 3.05) is 22.4 Å². The topological polar surface area (TPSA) is 84.0 Å². The predicted molar refractivity (Wildman–Crippen MR) is 117 cm³/mol. The largest absolute Gasteiger partial charge is 0.494 e. The van der Waals surface area contributed by atoms with Crippen molar-refractivity contribution in [3.63, 3.8) is 0 Å². The molecule has 0 radical (unpaired) electrons. The first-order valence-corrected chi connectivity index (χ1v) is 11.2. The first-order valence-electron chi connectivity index (χ1n) is 9.80. The van der Waals surface area contributed by atoms with E-state index in [-0.39, 0.29) is 21.8 Å². The number of urea groups is 1. The van der Waals surface area contributed by atoms with Crippen LogP contribution < -0.4 is 13.9 Å². The van der Waals surface area contributed by atoms with Gasteiger partial charge in [-0.1, -0.05) is 12.1 Å². The Morgan fingerprint density at radius 1 is 0.969 bits per heavy atom. The second kappa shape index (κ2) is 8.43. The predicted octanol–water partition coefficient (Wildman–Crippen LogP) is 4.24. The number of nitrogens with zero attached hydrogens (tertiary/aromatic N) is 2. The van der Waals surface area contributed by atoms with E-state index in [9.17, 15) is 22.4 Å². The molecule has 0 N–H and O–H groups in total. The number of benzene rings is 3. The smallest absolute Gasteiger partial charge is 0.343 e. The van der Waals surface area contributed by atoms with Crippen molar-refractivity contribution in [1.29, 1.82) is 0 Å². The Hall–Kier alpha value is -3.72. The first-order chi connectivity index (χ1) is 15.3. The van der Waals surface area contributed by atoms with Gasteiger partial charge in [0.1, 0.15) is 16.5 Å². The van der Waals surface area contributed by atoms with E-state index < -0.39 is 34.2 Å². The molecule has 0 aliphatic carbocycles. The highest BCUT2D eigenvalue weighted by molar-refractivity contribution is 7.94. The number of carbonyl (C=O) groups is 2. The van der Waals surface area contributed by atoms with E-state index in [2.05, 4.69) is 0 Å². The Bertz CT molecular complexity index is 1270. The van der Waals surface area contributed by atoms with E-state index >= 15 is 0 Å². The molecule has 1 heterocycles. The lowest BCUT2D eigenvalue weighted by Gasteiger charge is -2.35. The maximum Gasteiger partial charge on any atom is 0.343 e. The number of amides is 2. The Balaban J connectivity index is 1.76. The lowest BCUT2D eigenvalue weighted by atomic mass is 10.1. The number of carbonyl (C=O) groups excluding carboxylic acids is 2. The zero-order valence-electron chi connectivity index (χ0n) is 17.1. The molecule has 1 aliphatic rings. The van der Waals surface area contributed by atoms with Crippen molar-refractivity contribution < 1.29 is 27.1 Å². The molecule has 0 spiro atoms. The van der Waals surface area contributed by atoms with Crippen molar-refractivity contribution in [2.24, 2.45) is 0 Å². The van der Waals surface area contributed by atoms with E-state index in [0.29, 0.717) is 16.7 Å². The molecule has 9 heteroatoms. The van der Waals surface area contributed by atoms with Crippen LogP contribution in [0.15, 0.2) is 77.7 Å². The molecule has 0 saturated heterocycles. The molecule has 0 aromatic heterocycles. The van der Waals surface area contributed by atoms with E-state index in [0.717, 1.165) is 17.0 Å². The van der Waals surface area contributed by atoms with Crippen molar-refractivity contribution in [1.82, 2.24) is 0 Å². The molecule has 32 heavy (non-hydrogen) atoms. The number of hydrogen-bond donors (Lipinski definition) is 0. The third-order valence-electron chi connectivity index (χ3n) is 4.93. The Morgan fingerprint density at radius 3 is 2.28 bits per heavy atom. The molecule has 4 rings (SSSR count). The highest BCUT2D eigenvalue weighted by Gasteiger charge is 2.43. The van der Waals surface area contributed by atoms with Crippen LogP contribution in [0, 0.1) is 5.82 Å². The van der Waals surface area contributed by atoms with Crippen LogP contribution in [0.1, 0.15) is 17.3 Å². The number of ether oxygens (including phenoxy) is 1. The van der Waals surface area contributed by atoms with E-state index in [4.69, 9.17) is 4.74 Å². The van der Waals surface area contributed by atoms with Gasteiger partial charge in [-0.3, -0.25) is 9.69 Å². The lowest BCUT2D eigenvalue weighted by molar-refractivity contribution is 0.0999. The van der Waals surface area contributed by atoms with Gasteiger partial charge in [0.15, 0.2) is 5.78 Å². The zero-order chi connectivity index (χ0) is 22.9. The second-order valence-electron chi connectivity index (χ2n) is 6.96. The molecule has 0 fully saturated rings. The summed E-state index contributed by atoms with van der Waals surface area (Å²) in [4.78, 5) is 27.2. The van der Waals surface area contributed by atoms with Gasteiger partial charge in [0, 0.05) is 5.56 Å². The zero-order valence-corrected chi connectivity index (χ0v) is 17.9. The van der Waals surface area contributed by atoms with E-state index in [1.54, 1.807) is 24.3 Å². The highest BCUT2D eigenvalue weighted by atomic mass is 32.2. The summed E-state index contributed by atoms with van der Waals surface area (Å²) in [5, 5.41) is 0. The summed E-state index contributed by atoms with van der Waals surface area (Å²) in [7, 11) is -4.21. The monoisotopic (exact) mass is 454 g/mol. The summed E-state index contributed by atoms with van der Waals surface area (Å²) >= 11 is 0. The summed E-state index contributed by atoms with van der Waals surface area (Å²) in [5.74, 6) is -0.422. The minimum atomic E-state index is -4.21. The SMILES string of the molecule is CCOc1ccc(N2C(=O)N(CC(=O)c3ccc(F)cc3)c3ccccc3S2(=O)=O)cc1. The lowest BCUT2D eigenvalue weighted by Crippen LogP contribution is -2.52. The van der Waals surface area contributed by atoms with Crippen LogP contribution >= 0.6 is 0 Å². The third kappa shape index (κ3) is 3.82. The number of ketones is 1. The molecule has 3 aromatic rings. The van der Waals surface area contributed by atoms with Gasteiger partial charge in [-0.2, -0.15) is 4.31 Å². The molecule has 0 unspecified atom stereocenters. The number of Topliss-reactive ketones (excluding diaryl/α,β-unsaturated/α-hetero) is 1. The van der Waals surface area contributed by atoms with E-state index in [1.165, 1.54) is 36.4 Å². The molecular formula is C23H19FN2O5S. The van der Waals surface area contributed by atoms with Gasteiger partial charge in [0.05, 0.1) is 24.5 Å². The van der Waals surface area contributed by atoms with Crippen LogP contribution in [0.4, 0.5) is 20.6 Å². The fourth-order valence-electron chi connectivity index (χ4n) is 3.43. The number of hydrogen-bond acceptors (Lipinski definition) is 5. The van der Waals surface area contributed by atoms with Gasteiger partial charge in [-0.25, -0.2) is 17.6 Å². The average molecular weight is 454 g/mol. The fraction of sp³-hybridized carbons (Fsp3) is 0.130. The summed E-state index contributed by atoms with van der Waals surface area (Å²) in [6.07, 6.45) is 0. The third-order valence-corrected chi connectivity index (χ3v) is 6.68. The van der Waals surface area contributed by atoms with Crippen molar-refractivity contribution in [3.8, 4) is 5.75 Å². The van der Waals surface area contributed by atoms with Gasteiger partial charge >= 0.3 is 6.03 Å². The van der Waals surface area contributed by atoms with Crippen LogP contribution in [0.5, 0.6) is 5.75 Å². The Morgan fingerprint density at radius 2 is 1.62 bits per heavy atom. The number of sulfonamides is 1. The van der Waals surface area contributed by atoms with Crippen LogP contribution in [0.3, 0.4) is 0 Å². The number of para-hydroxylation sites is 1. The minimum absolute atomic E-state index is 0.0969. The van der Waals surface area contributed by atoms with Gasteiger partial charge in [-0.15, -0.1) is 0 Å². The molecule has 3 aromatic carbocycles. The van der Waals surface area contributed by atoms with Crippen LogP contribution in [0.2, 0.25) is 0 Å². The molecule has 2 amide bonds. The normalized spacial score (nSPS) is 14.8. The quantitative estimate of drug-likeness (QED) is 0.520. The van der Waals surface area contributed by atoms with Crippen LogP contribution in [-0.2, 0) is 10.0 Å². The van der Waals surface area contributed by atoms with Gasteiger partial charge in [0.2, 0.25) is 0 Å². The van der Waals surface area contributed by atoms with Gasteiger partial charge in [0.25, 0.3) is 10.0 Å². The molecule has 7 nitrogen and oxygen atoms in total. The average Bonchev–Trinajstić information content (AvgIpc) is 2.78. The van der Waals surface area contributed by atoms with Crippen LogP contribution in [0.25, 0.3) is 0 Å². The van der Waals surface area contributed by atoms with Crippen molar-refractivity contribution >= 4 is 33.2 Å². The highest BCUT2D eigenvalue weighted by Crippen LogP contribution is 2.37. The summed E-state index contributed by atoms with van der Waals surface area (Å²) in [6, 6.07) is 16.1.